The summed E-state index contributed by atoms with van der Waals surface area (Å²) in [4.78, 5) is 0. The quantitative estimate of drug-likeness (QED) is 0.569. The first-order valence-corrected chi connectivity index (χ1v) is 3.53. The lowest BCUT2D eigenvalue weighted by molar-refractivity contribution is 0.0864. The van der Waals surface area contributed by atoms with Crippen molar-refractivity contribution in [3.8, 4) is 0 Å². The van der Waals surface area contributed by atoms with E-state index < -0.39 is 0 Å². The van der Waals surface area contributed by atoms with E-state index >= 15 is 0 Å². The Morgan fingerprint density at radius 2 is 2.11 bits per heavy atom. The van der Waals surface area contributed by atoms with Gasteiger partial charge >= 0.3 is 0 Å². The average molecular weight is 129 g/mol. The largest absolute Gasteiger partial charge is 0.367 e. The van der Waals surface area contributed by atoms with E-state index in [1.807, 2.05) is 0 Å². The van der Waals surface area contributed by atoms with Crippen molar-refractivity contribution in [3.63, 3.8) is 0 Å². The highest BCUT2D eigenvalue weighted by atomic mass is 16.5. The minimum atomic E-state index is 0.301. The van der Waals surface area contributed by atoms with E-state index in [9.17, 15) is 0 Å². The monoisotopic (exact) mass is 129 g/mol. The molecule has 2 heteroatoms. The maximum Gasteiger partial charge on any atom is 0.108 e. The number of hydrogen-bond acceptors (Lipinski definition) is 2. The first-order valence-electron chi connectivity index (χ1n) is 3.53. The van der Waals surface area contributed by atoms with Crippen molar-refractivity contribution in [1.82, 2.24) is 5.32 Å². The molecule has 1 aliphatic heterocycles. The number of methoxy groups -OCH3 is 1. The minimum Gasteiger partial charge on any atom is -0.367 e. The second-order valence-electron chi connectivity index (χ2n) is 2.89. The van der Waals surface area contributed by atoms with E-state index in [4.69, 9.17) is 4.74 Å². The number of hydrogen-bond donors (Lipinski definition) is 1. The fourth-order valence-corrected chi connectivity index (χ4v) is 1.23. The van der Waals surface area contributed by atoms with Gasteiger partial charge in [0.25, 0.3) is 0 Å². The minimum absolute atomic E-state index is 0.301. The summed E-state index contributed by atoms with van der Waals surface area (Å²) < 4.78 is 5.14. The molecular formula is C7H15NO. The first kappa shape index (κ1) is 7.03. The molecule has 1 rings (SSSR count). The zero-order valence-corrected chi connectivity index (χ0v) is 6.35. The highest BCUT2D eigenvalue weighted by Crippen LogP contribution is 2.18. The van der Waals surface area contributed by atoms with Crippen LogP contribution in [0.1, 0.15) is 20.3 Å². The number of nitrogens with one attached hydrogen (secondary N) is 1. The highest BCUT2D eigenvalue weighted by molar-refractivity contribution is 4.80. The summed E-state index contributed by atoms with van der Waals surface area (Å²) >= 11 is 0. The number of ether oxygens (including phenoxy) is 1. The highest BCUT2D eigenvalue weighted by Gasteiger charge is 2.26. The smallest absolute Gasteiger partial charge is 0.108 e. The third kappa shape index (κ3) is 1.43. The third-order valence-corrected chi connectivity index (χ3v) is 2.17. The van der Waals surface area contributed by atoms with Gasteiger partial charge in [0.2, 0.25) is 0 Å². The van der Waals surface area contributed by atoms with Crippen LogP contribution >= 0.6 is 0 Å². The summed E-state index contributed by atoms with van der Waals surface area (Å²) in [5, 5.41) is 3.33. The summed E-state index contributed by atoms with van der Waals surface area (Å²) in [6.45, 7) is 4.44. The van der Waals surface area contributed by atoms with Gasteiger partial charge in [-0.2, -0.15) is 0 Å². The molecule has 9 heavy (non-hydrogen) atoms. The summed E-state index contributed by atoms with van der Waals surface area (Å²) in [5.41, 5.74) is 0. The van der Waals surface area contributed by atoms with Crippen LogP contribution in [0.25, 0.3) is 0 Å². The van der Waals surface area contributed by atoms with Crippen molar-refractivity contribution >= 4 is 0 Å². The van der Waals surface area contributed by atoms with E-state index in [2.05, 4.69) is 19.2 Å². The van der Waals surface area contributed by atoms with Gasteiger partial charge in [0.15, 0.2) is 0 Å². The van der Waals surface area contributed by atoms with Crippen LogP contribution in [-0.4, -0.2) is 19.4 Å². The van der Waals surface area contributed by atoms with Gasteiger partial charge in [-0.15, -0.1) is 0 Å². The average Bonchev–Trinajstić information content (AvgIpc) is 2.13. The van der Waals surface area contributed by atoms with Crippen molar-refractivity contribution < 1.29 is 4.74 Å². The SMILES string of the molecule is COC1CC(C)C(C)N1. The molecule has 0 aromatic heterocycles. The lowest BCUT2D eigenvalue weighted by Gasteiger charge is -2.08. The molecule has 0 aromatic rings. The van der Waals surface area contributed by atoms with Gasteiger partial charge in [-0.25, -0.2) is 0 Å². The normalized spacial score (nSPS) is 43.7. The van der Waals surface area contributed by atoms with E-state index in [-0.39, 0.29) is 0 Å². The van der Waals surface area contributed by atoms with Gasteiger partial charge in [0, 0.05) is 13.2 Å². The lowest BCUT2D eigenvalue weighted by atomic mass is 10.1. The van der Waals surface area contributed by atoms with Crippen LogP contribution in [0.3, 0.4) is 0 Å². The van der Waals surface area contributed by atoms with Crippen LogP contribution in [0.2, 0.25) is 0 Å². The Bertz CT molecular complexity index is 84.9. The lowest BCUT2D eigenvalue weighted by Crippen LogP contribution is -2.29. The standard InChI is InChI=1S/C7H15NO/c1-5-4-7(9-3)8-6(5)2/h5-8H,4H2,1-3H3. The van der Waals surface area contributed by atoms with E-state index in [0.717, 1.165) is 12.3 Å². The molecule has 1 heterocycles. The molecule has 3 atom stereocenters. The fraction of sp³-hybridized carbons (Fsp3) is 1.00. The van der Waals surface area contributed by atoms with Crippen LogP contribution in [0.5, 0.6) is 0 Å². The van der Waals surface area contributed by atoms with Gasteiger partial charge in [-0.1, -0.05) is 6.92 Å². The van der Waals surface area contributed by atoms with Crippen molar-refractivity contribution in [2.45, 2.75) is 32.5 Å². The van der Waals surface area contributed by atoms with Crippen LogP contribution in [0.4, 0.5) is 0 Å². The molecule has 54 valence electrons. The van der Waals surface area contributed by atoms with Crippen LogP contribution in [0, 0.1) is 5.92 Å². The maximum absolute atomic E-state index is 5.14. The predicted octanol–water partition coefficient (Wildman–Crippen LogP) is 0.977. The summed E-state index contributed by atoms with van der Waals surface area (Å²) in [5.74, 6) is 0.759. The molecule has 3 unspecified atom stereocenters. The van der Waals surface area contributed by atoms with Gasteiger partial charge in [-0.05, 0) is 19.3 Å². The van der Waals surface area contributed by atoms with E-state index in [0.29, 0.717) is 12.3 Å². The Kier molecular flexibility index (Phi) is 2.09. The Labute approximate surface area is 56.6 Å². The van der Waals surface area contributed by atoms with Gasteiger partial charge in [-0.3, -0.25) is 5.32 Å². The molecule has 2 nitrogen and oxygen atoms in total. The molecule has 1 saturated heterocycles. The second kappa shape index (κ2) is 2.67. The van der Waals surface area contributed by atoms with Gasteiger partial charge < -0.3 is 4.74 Å². The maximum atomic E-state index is 5.14. The molecule has 0 aromatic carbocycles. The van der Waals surface area contributed by atoms with Gasteiger partial charge in [0.05, 0.1) is 0 Å². The summed E-state index contributed by atoms with van der Waals surface area (Å²) in [7, 11) is 1.75. The van der Waals surface area contributed by atoms with Crippen LogP contribution in [-0.2, 0) is 4.74 Å². The Morgan fingerprint density at radius 3 is 2.33 bits per heavy atom. The molecular weight excluding hydrogens is 114 g/mol. The molecule has 0 saturated carbocycles. The zero-order chi connectivity index (χ0) is 6.85. The molecule has 1 fully saturated rings. The van der Waals surface area contributed by atoms with Crippen molar-refractivity contribution in [2.24, 2.45) is 5.92 Å². The Balaban J connectivity index is 2.35. The molecule has 0 spiro atoms. The Hall–Kier alpha value is -0.0800. The molecule has 0 amide bonds. The van der Waals surface area contributed by atoms with Crippen LogP contribution < -0.4 is 5.32 Å². The van der Waals surface area contributed by atoms with Crippen molar-refractivity contribution in [1.29, 1.82) is 0 Å². The van der Waals surface area contributed by atoms with E-state index in [1.165, 1.54) is 0 Å². The topological polar surface area (TPSA) is 21.3 Å². The summed E-state index contributed by atoms with van der Waals surface area (Å²) in [6, 6.07) is 0.620. The number of rotatable bonds is 1. The molecule has 1 N–H and O–H groups in total. The van der Waals surface area contributed by atoms with Gasteiger partial charge in [0.1, 0.15) is 6.23 Å². The fourth-order valence-electron chi connectivity index (χ4n) is 1.23. The molecule has 0 radical (unpaired) electrons. The van der Waals surface area contributed by atoms with E-state index in [1.54, 1.807) is 7.11 Å². The molecule has 1 aliphatic rings. The van der Waals surface area contributed by atoms with Crippen LogP contribution in [0.15, 0.2) is 0 Å². The molecule has 0 bridgehead atoms. The third-order valence-electron chi connectivity index (χ3n) is 2.17. The summed E-state index contributed by atoms with van der Waals surface area (Å²) in [6.07, 6.45) is 1.45. The van der Waals surface area contributed by atoms with Crippen molar-refractivity contribution in [2.75, 3.05) is 7.11 Å². The molecule has 0 aliphatic carbocycles. The Morgan fingerprint density at radius 1 is 1.44 bits per heavy atom. The first-order chi connectivity index (χ1) is 4.24. The van der Waals surface area contributed by atoms with Crippen molar-refractivity contribution in [3.05, 3.63) is 0 Å². The predicted molar refractivity (Wildman–Crippen MR) is 37.2 cm³/mol. The zero-order valence-electron chi connectivity index (χ0n) is 6.35. The second-order valence-corrected chi connectivity index (χ2v) is 2.89.